The molecule has 0 heterocycles. The van der Waals surface area contributed by atoms with Gasteiger partial charge in [-0.2, -0.15) is 0 Å². The van der Waals surface area contributed by atoms with Crippen molar-refractivity contribution in [3.63, 3.8) is 0 Å². The van der Waals surface area contributed by atoms with Gasteiger partial charge in [-0.05, 0) is 30.3 Å². The van der Waals surface area contributed by atoms with Crippen LogP contribution in [0.1, 0.15) is 15.9 Å². The average Bonchev–Trinajstić information content (AvgIpc) is 2.47. The molecule has 0 unspecified atom stereocenters. The first-order valence-corrected chi connectivity index (χ1v) is 7.26. The van der Waals surface area contributed by atoms with E-state index in [4.69, 9.17) is 34.8 Å². The Labute approximate surface area is 136 Å². The molecular formula is C15H10Cl3NO2. The summed E-state index contributed by atoms with van der Waals surface area (Å²) < 4.78 is 0. The molecule has 6 heteroatoms. The Bertz CT molecular complexity index is 701. The highest BCUT2D eigenvalue weighted by Gasteiger charge is 2.16. The van der Waals surface area contributed by atoms with Crippen molar-refractivity contribution in [2.45, 2.75) is 0 Å². The van der Waals surface area contributed by atoms with E-state index < -0.39 is 0 Å². The van der Waals surface area contributed by atoms with Crippen LogP contribution in [0.3, 0.4) is 0 Å². The molecule has 0 radical (unpaired) electrons. The van der Waals surface area contributed by atoms with E-state index in [1.165, 1.54) is 12.1 Å². The predicted molar refractivity (Wildman–Crippen MR) is 85.7 cm³/mol. The van der Waals surface area contributed by atoms with Crippen molar-refractivity contribution in [3.05, 3.63) is 63.6 Å². The van der Waals surface area contributed by atoms with Gasteiger partial charge in [0, 0.05) is 16.8 Å². The normalized spacial score (nSPS) is 10.2. The number of alkyl halides is 1. The fourth-order valence-electron chi connectivity index (χ4n) is 1.76. The molecule has 2 rings (SSSR count). The Kier molecular flexibility index (Phi) is 5.23. The van der Waals surface area contributed by atoms with E-state index in [2.05, 4.69) is 5.32 Å². The van der Waals surface area contributed by atoms with Gasteiger partial charge >= 0.3 is 0 Å². The van der Waals surface area contributed by atoms with E-state index in [1.54, 1.807) is 30.3 Å². The minimum Gasteiger partial charge on any atom is -0.325 e. The number of carbonyl (C=O) groups is 2. The zero-order valence-electron chi connectivity index (χ0n) is 10.7. The van der Waals surface area contributed by atoms with Gasteiger partial charge in [-0.1, -0.05) is 35.3 Å². The largest absolute Gasteiger partial charge is 0.325 e. The van der Waals surface area contributed by atoms with Crippen molar-refractivity contribution in [2.75, 3.05) is 11.2 Å². The number of ketones is 1. The van der Waals surface area contributed by atoms with E-state index >= 15 is 0 Å². The Balaban J connectivity index is 2.31. The summed E-state index contributed by atoms with van der Waals surface area (Å²) in [5, 5.41) is 3.15. The van der Waals surface area contributed by atoms with E-state index in [0.717, 1.165) is 0 Å². The van der Waals surface area contributed by atoms with Gasteiger partial charge in [-0.3, -0.25) is 9.59 Å². The van der Waals surface area contributed by atoms with Gasteiger partial charge in [-0.25, -0.2) is 0 Å². The highest BCUT2D eigenvalue weighted by molar-refractivity contribution is 6.38. The summed E-state index contributed by atoms with van der Waals surface area (Å²) in [6, 6.07) is 11.4. The molecule has 3 nitrogen and oxygen atoms in total. The second-order valence-electron chi connectivity index (χ2n) is 4.19. The first-order valence-electron chi connectivity index (χ1n) is 5.97. The molecule has 0 saturated carbocycles. The number of benzene rings is 2. The van der Waals surface area contributed by atoms with E-state index in [9.17, 15) is 9.59 Å². The van der Waals surface area contributed by atoms with Crippen LogP contribution in [0.5, 0.6) is 0 Å². The Hall–Kier alpha value is -1.55. The zero-order valence-corrected chi connectivity index (χ0v) is 13.0. The van der Waals surface area contributed by atoms with Crippen molar-refractivity contribution >= 4 is 52.2 Å². The monoisotopic (exact) mass is 341 g/mol. The summed E-state index contributed by atoms with van der Waals surface area (Å²) >= 11 is 17.5. The molecule has 1 amide bonds. The lowest BCUT2D eigenvalue weighted by Gasteiger charge is -2.08. The molecule has 0 aliphatic heterocycles. The Morgan fingerprint density at radius 1 is 0.952 bits per heavy atom. The molecule has 1 N–H and O–H groups in total. The zero-order chi connectivity index (χ0) is 15.4. The average molecular weight is 343 g/mol. The lowest BCUT2D eigenvalue weighted by Crippen LogP contribution is -2.13. The molecule has 0 aliphatic rings. The maximum absolute atomic E-state index is 12.4. The standard InChI is InChI=1S/C15H10Cl3NO2/c16-8-14(20)19-9-5-6-11(13(18)7-9)15(21)10-3-1-2-4-12(10)17/h1-7H,8H2,(H,19,20). The number of anilines is 1. The number of nitrogens with one attached hydrogen (secondary N) is 1. The van der Waals surface area contributed by atoms with Crippen LogP contribution in [-0.4, -0.2) is 17.6 Å². The molecule has 21 heavy (non-hydrogen) atoms. The minimum atomic E-state index is -0.349. The quantitative estimate of drug-likeness (QED) is 0.661. The van der Waals surface area contributed by atoms with Crippen molar-refractivity contribution in [1.82, 2.24) is 0 Å². The molecule has 108 valence electrons. The number of carbonyl (C=O) groups excluding carboxylic acids is 2. The third kappa shape index (κ3) is 3.76. The smallest absolute Gasteiger partial charge is 0.239 e. The lowest BCUT2D eigenvalue weighted by molar-refractivity contribution is -0.113. The fourth-order valence-corrected chi connectivity index (χ4v) is 2.32. The van der Waals surface area contributed by atoms with Crippen LogP contribution in [0.15, 0.2) is 42.5 Å². The minimum absolute atomic E-state index is 0.155. The van der Waals surface area contributed by atoms with Gasteiger partial charge in [0.1, 0.15) is 5.88 Å². The first-order chi connectivity index (χ1) is 10.0. The number of amides is 1. The number of hydrogen-bond acceptors (Lipinski definition) is 2. The lowest BCUT2D eigenvalue weighted by atomic mass is 10.0. The van der Waals surface area contributed by atoms with Gasteiger partial charge < -0.3 is 5.32 Å². The van der Waals surface area contributed by atoms with Gasteiger partial charge in [0.25, 0.3) is 0 Å². The molecule has 0 aliphatic carbocycles. The Morgan fingerprint density at radius 2 is 1.62 bits per heavy atom. The van der Waals surface area contributed by atoms with Crippen LogP contribution in [-0.2, 0) is 4.79 Å². The molecule has 0 spiro atoms. The summed E-state index contributed by atoms with van der Waals surface area (Å²) in [6.45, 7) is 0. The SMILES string of the molecule is O=C(CCl)Nc1ccc(C(=O)c2ccccc2Cl)c(Cl)c1. The summed E-state index contributed by atoms with van der Waals surface area (Å²) in [7, 11) is 0. The first kappa shape index (κ1) is 15.8. The predicted octanol–water partition coefficient (Wildman–Crippen LogP) is 4.40. The van der Waals surface area contributed by atoms with Crippen LogP contribution in [0, 0.1) is 0 Å². The van der Waals surface area contributed by atoms with E-state index in [1.807, 2.05) is 0 Å². The highest BCUT2D eigenvalue weighted by Crippen LogP contribution is 2.26. The topological polar surface area (TPSA) is 46.2 Å². The third-order valence-electron chi connectivity index (χ3n) is 2.74. The van der Waals surface area contributed by atoms with Crippen LogP contribution >= 0.6 is 34.8 Å². The van der Waals surface area contributed by atoms with E-state index in [-0.39, 0.29) is 22.6 Å². The van der Waals surface area contributed by atoms with Gasteiger partial charge in [0.15, 0.2) is 5.78 Å². The molecule has 0 aromatic heterocycles. The molecule has 2 aromatic carbocycles. The number of rotatable bonds is 4. The van der Waals surface area contributed by atoms with Gasteiger partial charge in [-0.15, -0.1) is 11.6 Å². The van der Waals surface area contributed by atoms with Gasteiger partial charge in [0.2, 0.25) is 5.91 Å². The summed E-state index contributed by atoms with van der Waals surface area (Å²) in [5.74, 6) is -0.781. The fraction of sp³-hybridized carbons (Fsp3) is 0.0667. The molecular weight excluding hydrogens is 333 g/mol. The molecule has 0 saturated heterocycles. The second-order valence-corrected chi connectivity index (χ2v) is 5.27. The third-order valence-corrected chi connectivity index (χ3v) is 3.62. The van der Waals surface area contributed by atoms with Crippen molar-refractivity contribution < 1.29 is 9.59 Å². The number of hydrogen-bond donors (Lipinski definition) is 1. The highest BCUT2D eigenvalue weighted by atomic mass is 35.5. The molecule has 0 bridgehead atoms. The van der Waals surface area contributed by atoms with Crippen LogP contribution in [0.4, 0.5) is 5.69 Å². The van der Waals surface area contributed by atoms with Crippen LogP contribution in [0.25, 0.3) is 0 Å². The summed E-state index contributed by atoms with van der Waals surface area (Å²) in [6.07, 6.45) is 0. The maximum Gasteiger partial charge on any atom is 0.239 e. The maximum atomic E-state index is 12.4. The number of halogens is 3. The van der Waals surface area contributed by atoms with Crippen molar-refractivity contribution in [2.24, 2.45) is 0 Å². The molecule has 2 aromatic rings. The van der Waals surface area contributed by atoms with Gasteiger partial charge in [0.05, 0.1) is 10.0 Å². The van der Waals surface area contributed by atoms with E-state index in [0.29, 0.717) is 21.8 Å². The second kappa shape index (κ2) is 6.94. The van der Waals surface area contributed by atoms with Crippen molar-refractivity contribution in [3.8, 4) is 0 Å². The van der Waals surface area contributed by atoms with Crippen LogP contribution < -0.4 is 5.32 Å². The summed E-state index contributed by atoms with van der Waals surface area (Å²) in [4.78, 5) is 23.6. The molecule has 0 fully saturated rings. The van der Waals surface area contributed by atoms with Crippen LogP contribution in [0.2, 0.25) is 10.0 Å². The Morgan fingerprint density at radius 3 is 2.24 bits per heavy atom. The molecule has 0 atom stereocenters. The van der Waals surface area contributed by atoms with Crippen molar-refractivity contribution in [1.29, 1.82) is 0 Å². The summed E-state index contributed by atoms with van der Waals surface area (Å²) in [5.41, 5.74) is 1.16.